The summed E-state index contributed by atoms with van der Waals surface area (Å²) < 4.78 is 19.1. The van der Waals surface area contributed by atoms with Crippen molar-refractivity contribution in [2.24, 2.45) is 0 Å². The first-order valence-electron chi connectivity index (χ1n) is 8.69. The van der Waals surface area contributed by atoms with E-state index in [4.69, 9.17) is 4.74 Å². The summed E-state index contributed by atoms with van der Waals surface area (Å²) in [4.78, 5) is 17.1. The Morgan fingerprint density at radius 1 is 1.28 bits per heavy atom. The van der Waals surface area contributed by atoms with Crippen LogP contribution in [0.3, 0.4) is 0 Å². The number of hydrogen-bond donors (Lipinski definition) is 0. The maximum absolute atomic E-state index is 13.9. The van der Waals surface area contributed by atoms with Crippen LogP contribution in [0.4, 0.5) is 10.2 Å². The van der Waals surface area contributed by atoms with Crippen molar-refractivity contribution in [1.29, 1.82) is 0 Å². The van der Waals surface area contributed by atoms with Crippen LogP contribution in [0, 0.1) is 5.82 Å². The van der Waals surface area contributed by atoms with Gasteiger partial charge in [0.25, 0.3) is 0 Å². The Hall–Kier alpha value is -2.28. The standard InChI is InChI=1S/C18H22FN5O/c1-25-18-8-17(21-12-22-18)24(14-2-3-14)15-5-7-23(11-15)10-13-4-6-20-9-16(13)19/h4,6,8-9,12,14-15H,2-3,5,7,10-11H2,1H3. The molecule has 1 aliphatic heterocycles. The van der Waals surface area contributed by atoms with Crippen LogP contribution in [0.25, 0.3) is 0 Å². The maximum Gasteiger partial charge on any atom is 0.218 e. The molecule has 0 amide bonds. The van der Waals surface area contributed by atoms with Gasteiger partial charge in [0.15, 0.2) is 0 Å². The minimum absolute atomic E-state index is 0.231. The van der Waals surface area contributed by atoms with Crippen LogP contribution < -0.4 is 9.64 Å². The zero-order valence-electron chi connectivity index (χ0n) is 14.3. The zero-order valence-corrected chi connectivity index (χ0v) is 14.3. The molecule has 1 aliphatic carbocycles. The summed E-state index contributed by atoms with van der Waals surface area (Å²) in [6.07, 6.45) is 7.93. The number of aromatic nitrogens is 3. The molecule has 1 atom stereocenters. The van der Waals surface area contributed by atoms with Crippen LogP contribution in [0.1, 0.15) is 24.8 Å². The van der Waals surface area contributed by atoms with Gasteiger partial charge in [-0.2, -0.15) is 0 Å². The third kappa shape index (κ3) is 3.56. The topological polar surface area (TPSA) is 54.4 Å². The van der Waals surface area contributed by atoms with Crippen molar-refractivity contribution in [2.45, 2.75) is 37.9 Å². The van der Waals surface area contributed by atoms with Crippen molar-refractivity contribution in [2.75, 3.05) is 25.1 Å². The first-order chi connectivity index (χ1) is 12.2. The summed E-state index contributed by atoms with van der Waals surface area (Å²) in [5.74, 6) is 1.28. The van der Waals surface area contributed by atoms with E-state index in [0.717, 1.165) is 25.3 Å². The highest BCUT2D eigenvalue weighted by molar-refractivity contribution is 5.45. The van der Waals surface area contributed by atoms with E-state index in [9.17, 15) is 4.39 Å². The number of anilines is 1. The van der Waals surface area contributed by atoms with Crippen LogP contribution >= 0.6 is 0 Å². The van der Waals surface area contributed by atoms with Crippen molar-refractivity contribution in [3.63, 3.8) is 0 Å². The quantitative estimate of drug-likeness (QED) is 0.802. The highest BCUT2D eigenvalue weighted by Gasteiger charge is 2.38. The number of ether oxygens (including phenoxy) is 1. The molecule has 2 fully saturated rings. The number of rotatable bonds is 6. The molecular formula is C18H22FN5O. The normalized spacial score (nSPS) is 20.6. The van der Waals surface area contributed by atoms with Gasteiger partial charge in [-0.3, -0.25) is 9.88 Å². The lowest BCUT2D eigenvalue weighted by Gasteiger charge is -2.30. The monoisotopic (exact) mass is 343 g/mol. The molecular weight excluding hydrogens is 321 g/mol. The molecule has 132 valence electrons. The van der Waals surface area contributed by atoms with E-state index in [1.165, 1.54) is 19.0 Å². The molecule has 0 N–H and O–H groups in total. The molecule has 4 rings (SSSR count). The van der Waals surface area contributed by atoms with E-state index >= 15 is 0 Å². The number of nitrogens with zero attached hydrogens (tertiary/aromatic N) is 5. The molecule has 0 radical (unpaired) electrons. The number of methoxy groups -OCH3 is 1. The van der Waals surface area contributed by atoms with E-state index in [2.05, 4.69) is 24.8 Å². The van der Waals surface area contributed by atoms with Gasteiger partial charge in [-0.25, -0.2) is 14.4 Å². The summed E-state index contributed by atoms with van der Waals surface area (Å²) >= 11 is 0. The van der Waals surface area contributed by atoms with Crippen LogP contribution in [0.15, 0.2) is 30.9 Å². The van der Waals surface area contributed by atoms with Gasteiger partial charge in [0, 0.05) is 49.5 Å². The summed E-state index contributed by atoms with van der Waals surface area (Å²) in [5, 5.41) is 0. The summed E-state index contributed by atoms with van der Waals surface area (Å²) in [6, 6.07) is 4.60. The molecule has 1 saturated heterocycles. The number of likely N-dealkylation sites (tertiary alicyclic amines) is 1. The fraction of sp³-hybridized carbons (Fsp3) is 0.500. The van der Waals surface area contributed by atoms with E-state index < -0.39 is 0 Å². The van der Waals surface area contributed by atoms with E-state index in [0.29, 0.717) is 30.1 Å². The van der Waals surface area contributed by atoms with Crippen LogP contribution in [-0.2, 0) is 6.54 Å². The van der Waals surface area contributed by atoms with Gasteiger partial charge in [-0.05, 0) is 25.3 Å². The molecule has 0 bridgehead atoms. The van der Waals surface area contributed by atoms with Crippen molar-refractivity contribution in [1.82, 2.24) is 19.9 Å². The molecule has 25 heavy (non-hydrogen) atoms. The molecule has 2 aliphatic rings. The third-order valence-corrected chi connectivity index (χ3v) is 4.93. The van der Waals surface area contributed by atoms with Crippen molar-refractivity contribution in [3.05, 3.63) is 42.2 Å². The Labute approximate surface area is 146 Å². The lowest BCUT2D eigenvalue weighted by Crippen LogP contribution is -2.40. The van der Waals surface area contributed by atoms with Crippen molar-refractivity contribution in [3.8, 4) is 5.88 Å². The minimum atomic E-state index is -0.231. The molecule has 1 saturated carbocycles. The molecule has 0 spiro atoms. The third-order valence-electron chi connectivity index (χ3n) is 4.93. The lowest BCUT2D eigenvalue weighted by molar-refractivity contribution is 0.318. The SMILES string of the molecule is COc1cc(N(C2CC2)C2CCN(Cc3ccncc3F)C2)ncn1. The molecule has 7 heteroatoms. The fourth-order valence-corrected chi connectivity index (χ4v) is 3.56. The fourth-order valence-electron chi connectivity index (χ4n) is 3.56. The predicted molar refractivity (Wildman–Crippen MR) is 92.0 cm³/mol. The zero-order chi connectivity index (χ0) is 17.2. The average Bonchev–Trinajstić information content (AvgIpc) is 3.36. The average molecular weight is 343 g/mol. The van der Waals surface area contributed by atoms with Gasteiger partial charge in [-0.1, -0.05) is 0 Å². The van der Waals surface area contributed by atoms with Gasteiger partial charge >= 0.3 is 0 Å². The largest absolute Gasteiger partial charge is 0.481 e. The molecule has 2 aromatic heterocycles. The minimum Gasteiger partial charge on any atom is -0.481 e. The highest BCUT2D eigenvalue weighted by atomic mass is 19.1. The molecule has 3 heterocycles. The summed E-state index contributed by atoms with van der Waals surface area (Å²) in [7, 11) is 1.62. The molecule has 6 nitrogen and oxygen atoms in total. The Morgan fingerprint density at radius 3 is 2.92 bits per heavy atom. The smallest absolute Gasteiger partial charge is 0.218 e. The number of hydrogen-bond acceptors (Lipinski definition) is 6. The molecule has 1 unspecified atom stereocenters. The highest BCUT2D eigenvalue weighted by Crippen LogP contribution is 2.35. The van der Waals surface area contributed by atoms with Crippen LogP contribution in [-0.4, -0.2) is 52.1 Å². The Balaban J connectivity index is 1.48. The second kappa shape index (κ2) is 6.92. The second-order valence-electron chi connectivity index (χ2n) is 6.70. The maximum atomic E-state index is 13.9. The van der Waals surface area contributed by atoms with E-state index in [1.807, 2.05) is 6.07 Å². The number of halogens is 1. The second-order valence-corrected chi connectivity index (χ2v) is 6.70. The van der Waals surface area contributed by atoms with E-state index in [-0.39, 0.29) is 5.82 Å². The van der Waals surface area contributed by atoms with Gasteiger partial charge in [0.1, 0.15) is 18.0 Å². The predicted octanol–water partition coefficient (Wildman–Crippen LogP) is 2.26. The lowest BCUT2D eigenvalue weighted by atomic mass is 10.2. The summed E-state index contributed by atoms with van der Waals surface area (Å²) in [6.45, 7) is 2.49. The van der Waals surface area contributed by atoms with Crippen LogP contribution in [0.2, 0.25) is 0 Å². The van der Waals surface area contributed by atoms with Gasteiger partial charge in [-0.15, -0.1) is 0 Å². The molecule has 0 aromatic carbocycles. The Morgan fingerprint density at radius 2 is 2.16 bits per heavy atom. The summed E-state index contributed by atoms with van der Waals surface area (Å²) in [5.41, 5.74) is 0.706. The first kappa shape index (κ1) is 16.2. The van der Waals surface area contributed by atoms with E-state index in [1.54, 1.807) is 25.7 Å². The first-order valence-corrected chi connectivity index (χ1v) is 8.69. The Kier molecular flexibility index (Phi) is 4.48. The number of pyridine rings is 1. The van der Waals surface area contributed by atoms with Gasteiger partial charge in [0.2, 0.25) is 5.88 Å². The van der Waals surface area contributed by atoms with Gasteiger partial charge < -0.3 is 9.64 Å². The van der Waals surface area contributed by atoms with Crippen molar-refractivity contribution < 1.29 is 9.13 Å². The molecule has 2 aromatic rings. The Bertz CT molecular complexity index is 739. The van der Waals surface area contributed by atoms with Gasteiger partial charge in [0.05, 0.1) is 13.3 Å². The van der Waals surface area contributed by atoms with Crippen LogP contribution in [0.5, 0.6) is 5.88 Å². The van der Waals surface area contributed by atoms with Crippen molar-refractivity contribution >= 4 is 5.82 Å².